The average Bonchev–Trinajstić information content (AvgIpc) is 3.15. The van der Waals surface area contributed by atoms with E-state index in [9.17, 15) is 34.2 Å². The molecule has 38 heavy (non-hydrogen) atoms. The van der Waals surface area contributed by atoms with E-state index in [4.69, 9.17) is 0 Å². The van der Waals surface area contributed by atoms with Crippen LogP contribution in [-0.4, -0.2) is 47.1 Å². The molecule has 9 nitrogen and oxygen atoms in total. The molecule has 0 fully saturated rings. The zero-order chi connectivity index (χ0) is 26.6. The number of nitrogens with one attached hydrogen (secondary N) is 1. The van der Waals surface area contributed by atoms with Gasteiger partial charge in [-0.15, -0.1) is 0 Å². The summed E-state index contributed by atoms with van der Waals surface area (Å²) in [5, 5.41) is 23.7. The Hall–Kier alpha value is -0.710. The molecule has 0 spiro atoms. The van der Waals surface area contributed by atoms with Crippen LogP contribution in [-0.2, 0) is 24.0 Å². The number of amides is 3. The molecule has 11 heteroatoms. The predicted molar refractivity (Wildman–Crippen MR) is 131 cm³/mol. The average molecular weight is 553 g/mol. The van der Waals surface area contributed by atoms with Crippen LogP contribution in [0.15, 0.2) is 12.2 Å². The quantitative estimate of drug-likeness (QED) is 0.0771. The van der Waals surface area contributed by atoms with E-state index >= 15 is 0 Å². The molecular formula is C27H42N2Na2O7. The molecule has 1 aliphatic rings. The smallest absolute Gasteiger partial charge is 0.550 e. The summed E-state index contributed by atoms with van der Waals surface area (Å²) in [5.41, 5.74) is 0. The third-order valence-corrected chi connectivity index (χ3v) is 6.44. The Kier molecular flexibility index (Phi) is 26.2. The minimum atomic E-state index is -1.48. The predicted octanol–water partition coefficient (Wildman–Crippen LogP) is -4.07. The fourth-order valence-electron chi connectivity index (χ4n) is 4.28. The SMILES string of the molecule is O=C([O-])CC[C@H](NC(=O)CCCCCCCCCCCCCCCCCN1C(=O)C=CC1=O)C(=O)[O-].[Na+].[Na+]. The number of aliphatic carboxylic acids is 2. The summed E-state index contributed by atoms with van der Waals surface area (Å²) in [4.78, 5) is 57.4. The minimum absolute atomic E-state index is 0. The first-order valence-corrected chi connectivity index (χ1v) is 13.5. The number of hydrogen-bond acceptors (Lipinski definition) is 7. The summed E-state index contributed by atoms with van der Waals surface area (Å²) < 4.78 is 0. The molecule has 0 unspecified atom stereocenters. The van der Waals surface area contributed by atoms with Crippen molar-refractivity contribution in [1.82, 2.24) is 10.2 Å². The largest absolute Gasteiger partial charge is 1.00 e. The van der Waals surface area contributed by atoms with Gasteiger partial charge in [0.25, 0.3) is 11.8 Å². The third kappa shape index (κ3) is 20.2. The molecule has 1 aliphatic heterocycles. The molecule has 0 saturated carbocycles. The fourth-order valence-corrected chi connectivity index (χ4v) is 4.28. The summed E-state index contributed by atoms with van der Waals surface area (Å²) in [7, 11) is 0. The van der Waals surface area contributed by atoms with E-state index in [0.717, 1.165) is 38.5 Å². The van der Waals surface area contributed by atoms with Crippen molar-refractivity contribution in [3.8, 4) is 0 Å². The van der Waals surface area contributed by atoms with Gasteiger partial charge >= 0.3 is 59.1 Å². The number of rotatable bonds is 23. The van der Waals surface area contributed by atoms with Crippen molar-refractivity contribution in [2.45, 2.75) is 122 Å². The van der Waals surface area contributed by atoms with E-state index in [-0.39, 0.29) is 83.8 Å². The first-order valence-electron chi connectivity index (χ1n) is 13.5. The summed E-state index contributed by atoms with van der Waals surface area (Å²) in [6, 6.07) is -1.29. The maximum Gasteiger partial charge on any atom is 1.00 e. The normalized spacial score (nSPS) is 13.1. The number of carboxylic acids is 2. The van der Waals surface area contributed by atoms with Gasteiger partial charge in [0.15, 0.2) is 0 Å². The molecule has 1 atom stereocenters. The molecule has 1 rings (SSSR count). The zero-order valence-corrected chi connectivity index (χ0v) is 27.5. The molecule has 204 valence electrons. The number of carboxylic acid groups (broad SMARTS) is 2. The van der Waals surface area contributed by atoms with E-state index in [0.29, 0.717) is 13.0 Å². The molecule has 3 amide bonds. The van der Waals surface area contributed by atoms with Gasteiger partial charge in [0.05, 0.1) is 12.0 Å². The number of hydrogen-bond donors (Lipinski definition) is 1. The number of carbonyl (C=O) groups excluding carboxylic acids is 5. The van der Waals surface area contributed by atoms with Gasteiger partial charge in [0.2, 0.25) is 5.91 Å². The van der Waals surface area contributed by atoms with Crippen molar-refractivity contribution in [3.05, 3.63) is 12.2 Å². The first-order chi connectivity index (χ1) is 17.3. The maximum absolute atomic E-state index is 11.8. The van der Waals surface area contributed by atoms with Gasteiger partial charge in [-0.3, -0.25) is 19.3 Å². The molecule has 0 radical (unpaired) electrons. The Labute approximate surface area is 271 Å². The van der Waals surface area contributed by atoms with Gasteiger partial charge in [-0.05, 0) is 25.7 Å². The number of unbranched alkanes of at least 4 members (excludes halogenated alkanes) is 14. The van der Waals surface area contributed by atoms with Crippen molar-refractivity contribution < 1.29 is 93.3 Å². The Balaban J connectivity index is 0. The van der Waals surface area contributed by atoms with E-state index < -0.39 is 30.3 Å². The molecule has 1 N–H and O–H groups in total. The molecular weight excluding hydrogens is 510 g/mol. The van der Waals surface area contributed by atoms with Crippen molar-refractivity contribution in [3.63, 3.8) is 0 Å². The van der Waals surface area contributed by atoms with E-state index in [1.165, 1.54) is 68.4 Å². The van der Waals surface area contributed by atoms with Crippen molar-refractivity contribution in [2.75, 3.05) is 6.54 Å². The van der Waals surface area contributed by atoms with Gasteiger partial charge in [0.1, 0.15) is 0 Å². The second kappa shape index (κ2) is 25.3. The van der Waals surface area contributed by atoms with Crippen molar-refractivity contribution >= 4 is 29.7 Å². The first kappa shape index (κ1) is 39.4. The number of imide groups is 1. The molecule has 0 aliphatic carbocycles. The minimum Gasteiger partial charge on any atom is -0.550 e. The second-order valence-electron chi connectivity index (χ2n) is 9.56. The van der Waals surface area contributed by atoms with Gasteiger partial charge < -0.3 is 25.1 Å². The van der Waals surface area contributed by atoms with Crippen molar-refractivity contribution in [2.24, 2.45) is 0 Å². The van der Waals surface area contributed by atoms with E-state index in [1.54, 1.807) is 0 Å². The van der Waals surface area contributed by atoms with E-state index in [2.05, 4.69) is 5.32 Å². The van der Waals surface area contributed by atoms with Crippen LogP contribution in [0.3, 0.4) is 0 Å². The molecule has 0 aromatic rings. The van der Waals surface area contributed by atoms with Crippen LogP contribution in [0.5, 0.6) is 0 Å². The van der Waals surface area contributed by atoms with Gasteiger partial charge in [-0.1, -0.05) is 83.5 Å². The standard InChI is InChI=1S/C27H44N2O7.2Na/c30-23(28-22(27(35)36)17-20-26(33)34)16-14-12-10-8-6-4-2-1-3-5-7-9-11-13-15-21-29-24(31)18-19-25(29)32;;/h18-19,22H,1-17,20-21H2,(H,28,30)(H,33,34)(H,35,36);;/q;2*+1/p-2/t22-;;/m0../s1. The Morgan fingerprint density at radius 2 is 1.05 bits per heavy atom. The molecule has 0 aromatic heterocycles. The molecule has 0 aromatic carbocycles. The molecule has 0 bridgehead atoms. The topological polar surface area (TPSA) is 147 Å². The van der Waals surface area contributed by atoms with Crippen LogP contribution in [0.2, 0.25) is 0 Å². The van der Waals surface area contributed by atoms with Gasteiger partial charge in [-0.2, -0.15) is 0 Å². The second-order valence-corrected chi connectivity index (χ2v) is 9.56. The monoisotopic (exact) mass is 552 g/mol. The van der Waals surface area contributed by atoms with Crippen LogP contribution in [0, 0.1) is 0 Å². The Bertz CT molecular complexity index is 729. The molecule has 1 heterocycles. The van der Waals surface area contributed by atoms with Crippen LogP contribution < -0.4 is 74.6 Å². The van der Waals surface area contributed by atoms with Gasteiger partial charge in [0, 0.05) is 31.1 Å². The number of carbonyl (C=O) groups is 5. The maximum atomic E-state index is 11.8. The van der Waals surface area contributed by atoms with Gasteiger partial charge in [-0.25, -0.2) is 0 Å². The summed E-state index contributed by atoms with van der Waals surface area (Å²) in [5.74, 6) is -3.62. The Morgan fingerprint density at radius 1 is 0.658 bits per heavy atom. The fraction of sp³-hybridized carbons (Fsp3) is 0.741. The summed E-state index contributed by atoms with van der Waals surface area (Å²) >= 11 is 0. The van der Waals surface area contributed by atoms with Crippen LogP contribution in [0.4, 0.5) is 0 Å². The molecule has 0 saturated heterocycles. The van der Waals surface area contributed by atoms with Crippen molar-refractivity contribution in [1.29, 1.82) is 0 Å². The summed E-state index contributed by atoms with van der Waals surface area (Å²) in [6.07, 6.45) is 18.9. The summed E-state index contributed by atoms with van der Waals surface area (Å²) in [6.45, 7) is 0.527. The third-order valence-electron chi connectivity index (χ3n) is 6.44. The van der Waals surface area contributed by atoms with E-state index in [1.807, 2.05) is 0 Å². The zero-order valence-electron chi connectivity index (χ0n) is 23.5. The van der Waals surface area contributed by atoms with Crippen LogP contribution in [0.1, 0.15) is 116 Å². The Morgan fingerprint density at radius 3 is 1.45 bits per heavy atom. The van der Waals surface area contributed by atoms with Crippen LogP contribution >= 0.6 is 0 Å². The number of nitrogens with zero attached hydrogens (tertiary/aromatic N) is 1. The van der Waals surface area contributed by atoms with Crippen LogP contribution in [0.25, 0.3) is 0 Å².